The van der Waals surface area contributed by atoms with Crippen LogP contribution in [0.4, 0.5) is 0 Å². The lowest BCUT2D eigenvalue weighted by atomic mass is 10.0. The first-order valence-corrected chi connectivity index (χ1v) is 16.7. The Labute approximate surface area is 237 Å². The van der Waals surface area contributed by atoms with E-state index < -0.39 is 29.9 Å². The minimum Gasteiger partial charge on any atom is -0.480 e. The Morgan fingerprint density at radius 1 is 0.632 bits per heavy atom. The molecular formula is C27H51N3O6S2. The number of carboxylic acid groups (broad SMARTS) is 2. The molecule has 0 aliphatic rings. The van der Waals surface area contributed by atoms with Gasteiger partial charge in [0.15, 0.2) is 0 Å². The average Bonchev–Trinajstić information content (AvgIpc) is 2.86. The molecule has 2 atom stereocenters. The van der Waals surface area contributed by atoms with Crippen molar-refractivity contribution in [3.63, 3.8) is 0 Å². The smallest absolute Gasteiger partial charge is 0.326 e. The summed E-state index contributed by atoms with van der Waals surface area (Å²) in [5.41, 5.74) is 5.50. The van der Waals surface area contributed by atoms with Gasteiger partial charge in [0.2, 0.25) is 11.8 Å². The highest BCUT2D eigenvalue weighted by atomic mass is 33.1. The first kappa shape index (κ1) is 36.5. The largest absolute Gasteiger partial charge is 0.480 e. The Kier molecular flexibility index (Phi) is 24.8. The van der Waals surface area contributed by atoms with Crippen LogP contribution in [0.3, 0.4) is 0 Å². The SMILES string of the molecule is CC(=O)NC(CCSSCCC(NC(=O)CCCCCCCCCCCCCCCCN)C(=O)O)C(=O)O. The monoisotopic (exact) mass is 577 g/mol. The minimum absolute atomic E-state index is 0.224. The summed E-state index contributed by atoms with van der Waals surface area (Å²) >= 11 is 0. The van der Waals surface area contributed by atoms with Crippen LogP contribution in [-0.4, -0.2) is 64.1 Å². The molecular weight excluding hydrogens is 526 g/mol. The highest BCUT2D eigenvalue weighted by molar-refractivity contribution is 8.76. The molecule has 0 bridgehead atoms. The Morgan fingerprint density at radius 3 is 1.37 bits per heavy atom. The number of aliphatic carboxylic acids is 2. The summed E-state index contributed by atoms with van der Waals surface area (Å²) in [6.45, 7) is 2.08. The minimum atomic E-state index is -1.08. The number of hydrogen-bond acceptors (Lipinski definition) is 7. The maximum Gasteiger partial charge on any atom is 0.326 e. The van der Waals surface area contributed by atoms with Crippen molar-refractivity contribution in [2.75, 3.05) is 18.1 Å². The van der Waals surface area contributed by atoms with Crippen molar-refractivity contribution in [2.45, 2.75) is 128 Å². The van der Waals surface area contributed by atoms with Crippen LogP contribution < -0.4 is 16.4 Å². The van der Waals surface area contributed by atoms with Gasteiger partial charge < -0.3 is 26.6 Å². The second-order valence-corrected chi connectivity index (χ2v) is 12.5. The number of nitrogens with one attached hydrogen (secondary N) is 2. The van der Waals surface area contributed by atoms with Gasteiger partial charge in [-0.15, -0.1) is 0 Å². The van der Waals surface area contributed by atoms with Crippen molar-refractivity contribution in [1.82, 2.24) is 10.6 Å². The van der Waals surface area contributed by atoms with E-state index in [2.05, 4.69) is 10.6 Å². The number of hydrogen-bond donors (Lipinski definition) is 5. The molecule has 0 aromatic heterocycles. The molecule has 0 aliphatic carbocycles. The van der Waals surface area contributed by atoms with Crippen molar-refractivity contribution >= 4 is 45.3 Å². The molecule has 0 fully saturated rings. The third-order valence-corrected chi connectivity index (χ3v) is 8.70. The van der Waals surface area contributed by atoms with Gasteiger partial charge in [0, 0.05) is 24.9 Å². The van der Waals surface area contributed by atoms with Crippen LogP contribution in [0.15, 0.2) is 0 Å². The molecule has 222 valence electrons. The van der Waals surface area contributed by atoms with Crippen LogP contribution in [0.5, 0.6) is 0 Å². The van der Waals surface area contributed by atoms with Crippen molar-refractivity contribution in [3.8, 4) is 0 Å². The molecule has 0 aliphatic heterocycles. The van der Waals surface area contributed by atoms with E-state index in [1.807, 2.05) is 0 Å². The Bertz CT molecular complexity index is 654. The Hall–Kier alpha value is -1.46. The summed E-state index contributed by atoms with van der Waals surface area (Å²) in [7, 11) is 2.85. The third-order valence-electron chi connectivity index (χ3n) is 6.23. The third kappa shape index (κ3) is 23.6. The van der Waals surface area contributed by atoms with Crippen LogP contribution in [0, 0.1) is 0 Å². The van der Waals surface area contributed by atoms with Gasteiger partial charge in [-0.25, -0.2) is 9.59 Å². The zero-order valence-electron chi connectivity index (χ0n) is 23.2. The molecule has 6 N–H and O–H groups in total. The fourth-order valence-electron chi connectivity index (χ4n) is 4.03. The summed E-state index contributed by atoms with van der Waals surface area (Å²) in [6, 6.07) is -1.85. The summed E-state index contributed by atoms with van der Waals surface area (Å²) < 4.78 is 0. The molecule has 0 aromatic carbocycles. The molecule has 0 saturated carbocycles. The maximum absolute atomic E-state index is 12.2. The van der Waals surface area contributed by atoms with Crippen molar-refractivity contribution in [3.05, 3.63) is 0 Å². The standard InChI is InChI=1S/C27H51N3O6S2/c1-22(31)29-23(26(33)34)17-20-37-38-21-18-24(27(35)36)30-25(32)16-14-12-10-8-6-4-2-3-5-7-9-11-13-15-19-28/h23-24H,2-21,28H2,1H3,(H,29,31)(H,30,32)(H,33,34)(H,35,36). The zero-order chi connectivity index (χ0) is 28.4. The number of carbonyl (C=O) groups excluding carboxylic acids is 2. The number of carboxylic acids is 2. The lowest BCUT2D eigenvalue weighted by molar-refractivity contribution is -0.142. The molecule has 0 rings (SSSR count). The quantitative estimate of drug-likeness (QED) is 0.0660. The molecule has 11 heteroatoms. The summed E-state index contributed by atoms with van der Waals surface area (Å²) in [4.78, 5) is 45.8. The van der Waals surface area contributed by atoms with Gasteiger partial charge in [0.05, 0.1) is 0 Å². The Morgan fingerprint density at radius 2 is 1.00 bits per heavy atom. The van der Waals surface area contributed by atoms with E-state index in [0.29, 0.717) is 24.3 Å². The van der Waals surface area contributed by atoms with Gasteiger partial charge in [-0.05, 0) is 32.2 Å². The predicted molar refractivity (Wildman–Crippen MR) is 157 cm³/mol. The zero-order valence-corrected chi connectivity index (χ0v) is 24.9. The molecule has 9 nitrogen and oxygen atoms in total. The highest BCUT2D eigenvalue weighted by Crippen LogP contribution is 2.24. The number of carbonyl (C=O) groups is 4. The number of unbranched alkanes of at least 4 members (excludes halogenated alkanes) is 13. The number of rotatable bonds is 27. The molecule has 2 unspecified atom stereocenters. The van der Waals surface area contributed by atoms with Gasteiger partial charge in [-0.3, -0.25) is 9.59 Å². The molecule has 0 radical (unpaired) electrons. The molecule has 0 spiro atoms. The summed E-state index contributed by atoms with van der Waals surface area (Å²) in [5, 5.41) is 23.5. The van der Waals surface area contributed by atoms with Crippen LogP contribution in [-0.2, 0) is 19.2 Å². The van der Waals surface area contributed by atoms with Gasteiger partial charge in [0.1, 0.15) is 12.1 Å². The van der Waals surface area contributed by atoms with Crippen molar-refractivity contribution in [1.29, 1.82) is 0 Å². The highest BCUT2D eigenvalue weighted by Gasteiger charge is 2.20. The first-order chi connectivity index (χ1) is 18.3. The molecule has 0 saturated heterocycles. The fourth-order valence-corrected chi connectivity index (χ4v) is 6.21. The molecule has 0 aromatic rings. The van der Waals surface area contributed by atoms with Crippen molar-refractivity contribution < 1.29 is 29.4 Å². The summed E-state index contributed by atoms with van der Waals surface area (Å²) in [6.07, 6.45) is 17.8. The topological polar surface area (TPSA) is 159 Å². The molecule has 38 heavy (non-hydrogen) atoms. The van der Waals surface area contributed by atoms with E-state index in [4.69, 9.17) is 10.8 Å². The van der Waals surface area contributed by atoms with Gasteiger partial charge >= 0.3 is 11.9 Å². The number of nitrogens with two attached hydrogens (primary N) is 1. The second kappa shape index (κ2) is 25.8. The van der Waals surface area contributed by atoms with Gasteiger partial charge in [0.25, 0.3) is 0 Å². The number of amides is 2. The molecule has 2 amide bonds. The average molecular weight is 578 g/mol. The van der Waals surface area contributed by atoms with Gasteiger partial charge in [-0.2, -0.15) is 0 Å². The lowest BCUT2D eigenvalue weighted by Crippen LogP contribution is -2.41. The fraction of sp³-hybridized carbons (Fsp3) is 0.852. The van der Waals surface area contributed by atoms with Crippen LogP contribution in [0.1, 0.15) is 116 Å². The second-order valence-electron chi connectivity index (χ2n) is 9.76. The van der Waals surface area contributed by atoms with E-state index in [9.17, 15) is 24.3 Å². The van der Waals surface area contributed by atoms with E-state index in [1.165, 1.54) is 92.7 Å². The van der Waals surface area contributed by atoms with E-state index >= 15 is 0 Å². The Balaban J connectivity index is 3.73. The lowest BCUT2D eigenvalue weighted by Gasteiger charge is -2.15. The van der Waals surface area contributed by atoms with Gasteiger partial charge in [-0.1, -0.05) is 98.6 Å². The van der Waals surface area contributed by atoms with Crippen molar-refractivity contribution in [2.24, 2.45) is 5.73 Å². The van der Waals surface area contributed by atoms with Crippen LogP contribution in [0.2, 0.25) is 0 Å². The summed E-state index contributed by atoms with van der Waals surface area (Å²) in [5.74, 6) is -1.73. The van der Waals surface area contributed by atoms with E-state index in [0.717, 1.165) is 32.2 Å². The van der Waals surface area contributed by atoms with E-state index in [-0.39, 0.29) is 12.3 Å². The normalized spacial score (nSPS) is 12.6. The molecule has 0 heterocycles. The predicted octanol–water partition coefficient (Wildman–Crippen LogP) is 5.12. The van der Waals surface area contributed by atoms with Crippen LogP contribution in [0.25, 0.3) is 0 Å². The maximum atomic E-state index is 12.2. The first-order valence-electron chi connectivity index (χ1n) is 14.2. The van der Waals surface area contributed by atoms with E-state index in [1.54, 1.807) is 0 Å². The van der Waals surface area contributed by atoms with Crippen LogP contribution >= 0.6 is 21.6 Å².